The highest BCUT2D eigenvalue weighted by Crippen LogP contribution is 2.30. The van der Waals surface area contributed by atoms with Crippen LogP contribution in [0, 0.1) is 6.92 Å². The molecule has 0 aromatic heterocycles. The molecule has 2 rings (SSSR count). The van der Waals surface area contributed by atoms with E-state index in [2.05, 4.69) is 16.6 Å². The SMILES string of the molecule is C=CCNS(=O)(=O)c1ccc(C)c(C(=O)Nc2cccc(C(F)(F)F)c2)c1. The van der Waals surface area contributed by atoms with E-state index in [0.717, 1.165) is 12.1 Å². The molecular weight excluding hydrogens is 381 g/mol. The molecule has 2 N–H and O–H groups in total. The third-order valence-corrected chi connectivity index (χ3v) is 5.05. The zero-order valence-electron chi connectivity index (χ0n) is 14.3. The molecule has 0 saturated carbocycles. The maximum absolute atomic E-state index is 12.8. The summed E-state index contributed by atoms with van der Waals surface area (Å²) in [5.74, 6) is -0.715. The van der Waals surface area contributed by atoms with Gasteiger partial charge in [-0.1, -0.05) is 18.2 Å². The van der Waals surface area contributed by atoms with Crippen LogP contribution >= 0.6 is 0 Å². The van der Waals surface area contributed by atoms with Gasteiger partial charge in [0, 0.05) is 17.8 Å². The third-order valence-electron chi connectivity index (χ3n) is 3.63. The van der Waals surface area contributed by atoms with Gasteiger partial charge in [0.25, 0.3) is 5.91 Å². The first-order chi connectivity index (χ1) is 12.5. The molecule has 0 aliphatic rings. The molecule has 0 aliphatic carbocycles. The number of carbonyl (C=O) groups is 1. The molecule has 1 amide bonds. The van der Waals surface area contributed by atoms with Crippen molar-refractivity contribution >= 4 is 21.6 Å². The molecule has 0 heterocycles. The van der Waals surface area contributed by atoms with E-state index in [9.17, 15) is 26.4 Å². The van der Waals surface area contributed by atoms with Gasteiger partial charge in [-0.15, -0.1) is 6.58 Å². The molecule has 144 valence electrons. The summed E-state index contributed by atoms with van der Waals surface area (Å²) in [5.41, 5.74) is -0.440. The van der Waals surface area contributed by atoms with Crippen molar-refractivity contribution in [2.45, 2.75) is 18.0 Å². The predicted molar refractivity (Wildman–Crippen MR) is 96.0 cm³/mol. The Morgan fingerprint density at radius 3 is 2.52 bits per heavy atom. The number of alkyl halides is 3. The maximum atomic E-state index is 12.8. The monoisotopic (exact) mass is 398 g/mol. The predicted octanol–water partition coefficient (Wildman–Crippen LogP) is 3.73. The van der Waals surface area contributed by atoms with Crippen molar-refractivity contribution in [2.75, 3.05) is 11.9 Å². The number of carbonyl (C=O) groups excluding carboxylic acids is 1. The summed E-state index contributed by atoms with van der Waals surface area (Å²) >= 11 is 0. The Labute approximate surface area is 155 Å². The van der Waals surface area contributed by atoms with Gasteiger partial charge in [-0.25, -0.2) is 13.1 Å². The van der Waals surface area contributed by atoms with E-state index in [-0.39, 0.29) is 22.7 Å². The average Bonchev–Trinajstić information content (AvgIpc) is 2.59. The lowest BCUT2D eigenvalue weighted by atomic mass is 10.1. The average molecular weight is 398 g/mol. The van der Waals surface area contributed by atoms with Gasteiger partial charge in [-0.3, -0.25) is 4.79 Å². The maximum Gasteiger partial charge on any atom is 0.416 e. The number of rotatable bonds is 6. The Bertz CT molecular complexity index is 970. The van der Waals surface area contributed by atoms with Crippen LogP contribution in [0.5, 0.6) is 0 Å². The molecule has 2 aromatic carbocycles. The van der Waals surface area contributed by atoms with Gasteiger partial charge in [0.05, 0.1) is 10.5 Å². The molecule has 27 heavy (non-hydrogen) atoms. The van der Waals surface area contributed by atoms with E-state index in [0.29, 0.717) is 5.56 Å². The van der Waals surface area contributed by atoms with Crippen molar-refractivity contribution in [3.8, 4) is 0 Å². The molecule has 0 spiro atoms. The summed E-state index contributed by atoms with van der Waals surface area (Å²) in [7, 11) is -3.84. The summed E-state index contributed by atoms with van der Waals surface area (Å²) in [6.07, 6.45) is -3.17. The van der Waals surface area contributed by atoms with Gasteiger partial charge in [0.15, 0.2) is 0 Å². The topological polar surface area (TPSA) is 75.3 Å². The number of hydrogen-bond acceptors (Lipinski definition) is 3. The molecular formula is C18H17F3N2O3S. The summed E-state index contributed by atoms with van der Waals surface area (Å²) in [5, 5.41) is 2.36. The van der Waals surface area contributed by atoms with Crippen LogP contribution in [0.1, 0.15) is 21.5 Å². The number of sulfonamides is 1. The minimum absolute atomic E-state index is 0.0158. The smallest absolute Gasteiger partial charge is 0.322 e. The van der Waals surface area contributed by atoms with Crippen LogP contribution in [0.15, 0.2) is 60.0 Å². The highest BCUT2D eigenvalue weighted by Gasteiger charge is 2.30. The first-order valence-electron chi connectivity index (χ1n) is 7.74. The second-order valence-corrected chi connectivity index (χ2v) is 7.42. The quantitative estimate of drug-likeness (QED) is 0.728. The van der Waals surface area contributed by atoms with Crippen molar-refractivity contribution in [2.24, 2.45) is 0 Å². The molecule has 0 fully saturated rings. The minimum Gasteiger partial charge on any atom is -0.322 e. The Balaban J connectivity index is 2.32. The molecule has 0 atom stereocenters. The Morgan fingerprint density at radius 2 is 1.89 bits per heavy atom. The Hall–Kier alpha value is -2.65. The van der Waals surface area contributed by atoms with Crippen molar-refractivity contribution in [3.63, 3.8) is 0 Å². The van der Waals surface area contributed by atoms with Gasteiger partial charge in [-0.2, -0.15) is 13.2 Å². The Morgan fingerprint density at radius 1 is 1.19 bits per heavy atom. The van der Waals surface area contributed by atoms with E-state index in [4.69, 9.17) is 0 Å². The molecule has 0 saturated heterocycles. The first-order valence-corrected chi connectivity index (χ1v) is 9.23. The summed E-state index contributed by atoms with van der Waals surface area (Å²) in [4.78, 5) is 12.3. The first kappa shape index (κ1) is 20.7. The molecule has 0 radical (unpaired) electrons. The number of hydrogen-bond donors (Lipinski definition) is 2. The summed E-state index contributed by atoms with van der Waals surface area (Å²) < 4.78 is 65.0. The fraction of sp³-hybridized carbons (Fsp3) is 0.167. The number of benzene rings is 2. The van der Waals surface area contributed by atoms with Gasteiger partial charge < -0.3 is 5.32 Å². The number of halogens is 3. The largest absolute Gasteiger partial charge is 0.416 e. The third kappa shape index (κ3) is 5.18. The molecule has 2 aromatic rings. The second kappa shape index (κ2) is 7.93. The fourth-order valence-corrected chi connectivity index (χ4v) is 3.26. The molecule has 0 bridgehead atoms. The standard InChI is InChI=1S/C18H17F3N2O3S/c1-3-9-22-27(25,26)15-8-7-12(2)16(11-15)17(24)23-14-6-4-5-13(10-14)18(19,20)21/h3-8,10-11,22H,1,9H2,2H3,(H,23,24). The van der Waals surface area contributed by atoms with Crippen molar-refractivity contribution < 1.29 is 26.4 Å². The van der Waals surface area contributed by atoms with Crippen molar-refractivity contribution in [1.29, 1.82) is 0 Å². The van der Waals surface area contributed by atoms with Crippen LogP contribution in [-0.2, 0) is 16.2 Å². The highest BCUT2D eigenvalue weighted by molar-refractivity contribution is 7.89. The van der Waals surface area contributed by atoms with E-state index < -0.39 is 27.7 Å². The van der Waals surface area contributed by atoms with Crippen LogP contribution in [0.25, 0.3) is 0 Å². The van der Waals surface area contributed by atoms with Crippen LogP contribution in [-0.4, -0.2) is 20.9 Å². The number of amides is 1. The van der Waals surface area contributed by atoms with Crippen LogP contribution in [0.3, 0.4) is 0 Å². The summed E-state index contributed by atoms with van der Waals surface area (Å²) in [6.45, 7) is 5.03. The number of anilines is 1. The van der Waals surface area contributed by atoms with Crippen LogP contribution < -0.4 is 10.0 Å². The zero-order valence-corrected chi connectivity index (χ0v) is 15.1. The normalized spacial score (nSPS) is 11.9. The van der Waals surface area contributed by atoms with E-state index in [1.165, 1.54) is 36.4 Å². The Kier molecular flexibility index (Phi) is 6.07. The van der Waals surface area contributed by atoms with Crippen LogP contribution in [0.2, 0.25) is 0 Å². The summed E-state index contributed by atoms with van der Waals surface area (Å²) in [6, 6.07) is 8.13. The van der Waals surface area contributed by atoms with Crippen molar-refractivity contribution in [1.82, 2.24) is 4.72 Å². The fourth-order valence-electron chi connectivity index (χ4n) is 2.24. The lowest BCUT2D eigenvalue weighted by Gasteiger charge is -2.12. The lowest BCUT2D eigenvalue weighted by Crippen LogP contribution is -2.24. The molecule has 0 aliphatic heterocycles. The zero-order chi connectivity index (χ0) is 20.2. The van der Waals surface area contributed by atoms with E-state index in [1.54, 1.807) is 6.92 Å². The second-order valence-electron chi connectivity index (χ2n) is 5.65. The molecule has 5 nitrogen and oxygen atoms in total. The van der Waals surface area contributed by atoms with E-state index in [1.807, 2.05) is 0 Å². The number of nitrogens with one attached hydrogen (secondary N) is 2. The van der Waals surface area contributed by atoms with Gasteiger partial charge >= 0.3 is 6.18 Å². The van der Waals surface area contributed by atoms with Gasteiger partial charge in [0.2, 0.25) is 10.0 Å². The van der Waals surface area contributed by atoms with Crippen LogP contribution in [0.4, 0.5) is 18.9 Å². The lowest BCUT2D eigenvalue weighted by molar-refractivity contribution is -0.137. The van der Waals surface area contributed by atoms with Crippen molar-refractivity contribution in [3.05, 3.63) is 71.8 Å². The highest BCUT2D eigenvalue weighted by atomic mass is 32.2. The van der Waals surface area contributed by atoms with E-state index >= 15 is 0 Å². The minimum atomic E-state index is -4.54. The molecule has 9 heteroatoms. The molecule has 0 unspecified atom stereocenters. The van der Waals surface area contributed by atoms with Gasteiger partial charge in [0.1, 0.15) is 0 Å². The van der Waals surface area contributed by atoms with Gasteiger partial charge in [-0.05, 0) is 42.8 Å². The number of aryl methyl sites for hydroxylation is 1.